The Hall–Kier alpha value is -4.70. The van der Waals surface area contributed by atoms with Crippen molar-refractivity contribution in [3.05, 3.63) is 58.3 Å². The lowest BCUT2D eigenvalue weighted by Crippen LogP contribution is -2.47. The number of aromatic amines is 1. The summed E-state index contributed by atoms with van der Waals surface area (Å²) in [5, 5.41) is 32.5. The van der Waals surface area contributed by atoms with E-state index in [-0.39, 0.29) is 17.7 Å². The van der Waals surface area contributed by atoms with Gasteiger partial charge in [0, 0.05) is 44.0 Å². The number of aliphatic imine (C=N–C) groups is 1. The monoisotopic (exact) mass is 538 g/mol. The Morgan fingerprint density at radius 3 is 2.08 bits per heavy atom. The SMILES string of the molecule is NC(N)=NC(=O)OCc1cccc(N2CCN(c3ccc(=O)[nH]c3)CC2)c1F.O=C(O)[C@H](O)[C@@H](O)C(=O)O. The summed E-state index contributed by atoms with van der Waals surface area (Å²) in [6, 6.07) is 8.18. The summed E-state index contributed by atoms with van der Waals surface area (Å²) in [5.41, 5.74) is 11.6. The summed E-state index contributed by atoms with van der Waals surface area (Å²) in [6.45, 7) is 2.29. The number of nitrogens with one attached hydrogen (secondary N) is 1. The van der Waals surface area contributed by atoms with Crippen molar-refractivity contribution in [2.75, 3.05) is 36.0 Å². The lowest BCUT2D eigenvalue weighted by Gasteiger charge is -2.37. The van der Waals surface area contributed by atoms with Gasteiger partial charge >= 0.3 is 18.0 Å². The largest absolute Gasteiger partial charge is 0.479 e. The van der Waals surface area contributed by atoms with Crippen LogP contribution in [-0.4, -0.2) is 87.8 Å². The fourth-order valence-electron chi connectivity index (χ4n) is 3.27. The molecular formula is C22H27FN6O9. The maximum atomic E-state index is 14.9. The molecule has 1 aromatic heterocycles. The Kier molecular flexibility index (Phi) is 10.5. The van der Waals surface area contributed by atoms with Crippen molar-refractivity contribution in [3.63, 3.8) is 0 Å². The number of piperazine rings is 1. The molecule has 1 fully saturated rings. The van der Waals surface area contributed by atoms with Crippen LogP contribution in [0.15, 0.2) is 46.3 Å². The van der Waals surface area contributed by atoms with E-state index >= 15 is 0 Å². The van der Waals surface area contributed by atoms with E-state index in [1.165, 1.54) is 12.1 Å². The number of rotatable bonds is 7. The Balaban J connectivity index is 0.000000432. The predicted molar refractivity (Wildman–Crippen MR) is 131 cm³/mol. The minimum atomic E-state index is -2.27. The van der Waals surface area contributed by atoms with Crippen LogP contribution >= 0.6 is 0 Å². The van der Waals surface area contributed by atoms with Gasteiger partial charge in [0.05, 0.1) is 11.4 Å². The van der Waals surface area contributed by atoms with Gasteiger partial charge in [-0.25, -0.2) is 18.8 Å². The van der Waals surface area contributed by atoms with Gasteiger partial charge in [-0.2, -0.15) is 0 Å². The number of aliphatic carboxylic acids is 2. The third kappa shape index (κ3) is 8.45. The van der Waals surface area contributed by atoms with Crippen molar-refractivity contribution >= 4 is 35.4 Å². The van der Waals surface area contributed by atoms with Crippen LogP contribution < -0.4 is 26.8 Å². The maximum Gasteiger partial charge on any atom is 0.437 e. The van der Waals surface area contributed by atoms with E-state index in [4.69, 9.17) is 36.6 Å². The lowest BCUT2D eigenvalue weighted by molar-refractivity contribution is -0.165. The maximum absolute atomic E-state index is 14.9. The zero-order chi connectivity index (χ0) is 28.4. The average molecular weight is 538 g/mol. The van der Waals surface area contributed by atoms with Crippen molar-refractivity contribution in [2.24, 2.45) is 16.5 Å². The van der Waals surface area contributed by atoms with E-state index in [0.717, 1.165) is 5.69 Å². The summed E-state index contributed by atoms with van der Waals surface area (Å²) >= 11 is 0. The number of aromatic nitrogens is 1. The van der Waals surface area contributed by atoms with E-state index in [2.05, 4.69) is 14.9 Å². The van der Waals surface area contributed by atoms with E-state index < -0.39 is 42.0 Å². The number of nitrogens with zero attached hydrogens (tertiary/aromatic N) is 3. The van der Waals surface area contributed by atoms with Gasteiger partial charge in [-0.15, -0.1) is 4.99 Å². The first-order chi connectivity index (χ1) is 17.9. The molecule has 15 nitrogen and oxygen atoms in total. The third-order valence-corrected chi connectivity index (χ3v) is 5.19. The van der Waals surface area contributed by atoms with E-state index in [1.807, 2.05) is 4.90 Å². The molecule has 0 spiro atoms. The van der Waals surface area contributed by atoms with Gasteiger partial charge in [0.1, 0.15) is 6.61 Å². The molecule has 0 saturated carbocycles. The molecule has 9 N–H and O–H groups in total. The number of hydrogen-bond donors (Lipinski definition) is 7. The number of carboxylic acids is 2. The standard InChI is InChI=1S/C18H21FN6O3.C4H6O6/c19-16-12(11-28-18(27)23-17(20)21)2-1-3-14(16)25-8-6-24(7-9-25)13-4-5-15(26)22-10-13;5-1(3(7)8)2(6)4(9)10/h1-5,10H,6-9,11H2,(H,22,26)(H4,20,21,23,27);1-2,5-6H,(H,7,8)(H,9,10)/t;1-,2-/m.1/s1. The molecule has 0 unspecified atom stereocenters. The number of benzene rings is 1. The van der Waals surface area contributed by atoms with Crippen molar-refractivity contribution in [1.29, 1.82) is 0 Å². The molecule has 0 bridgehead atoms. The van der Waals surface area contributed by atoms with Crippen LogP contribution in [0.25, 0.3) is 0 Å². The van der Waals surface area contributed by atoms with E-state index in [1.54, 1.807) is 24.4 Å². The average Bonchev–Trinajstić information content (AvgIpc) is 2.87. The van der Waals surface area contributed by atoms with Crippen LogP contribution in [0.5, 0.6) is 0 Å². The van der Waals surface area contributed by atoms with Crippen LogP contribution in [0.1, 0.15) is 5.56 Å². The number of carbonyl (C=O) groups excluding carboxylic acids is 1. The van der Waals surface area contributed by atoms with E-state index in [9.17, 15) is 23.6 Å². The van der Waals surface area contributed by atoms with Gasteiger partial charge in [0.25, 0.3) is 0 Å². The molecular weight excluding hydrogens is 511 g/mol. The first-order valence-corrected chi connectivity index (χ1v) is 10.9. The summed E-state index contributed by atoms with van der Waals surface area (Å²) in [6.07, 6.45) is -3.83. The molecule has 1 amide bonds. The Bertz CT molecular complexity index is 1190. The highest BCUT2D eigenvalue weighted by Crippen LogP contribution is 2.25. The molecule has 38 heavy (non-hydrogen) atoms. The number of H-pyrrole nitrogens is 1. The highest BCUT2D eigenvalue weighted by Gasteiger charge is 2.29. The summed E-state index contributed by atoms with van der Waals surface area (Å²) in [7, 11) is 0. The number of halogens is 1. The number of amides is 1. The molecule has 2 heterocycles. The second-order valence-electron chi connectivity index (χ2n) is 7.79. The molecule has 3 rings (SSSR count). The van der Waals surface area contributed by atoms with Crippen LogP contribution in [0.2, 0.25) is 0 Å². The van der Waals surface area contributed by atoms with Crippen molar-refractivity contribution in [3.8, 4) is 0 Å². The summed E-state index contributed by atoms with van der Waals surface area (Å²) in [4.78, 5) is 52.0. The normalized spacial score (nSPS) is 14.4. The number of ether oxygens (including phenoxy) is 1. The highest BCUT2D eigenvalue weighted by atomic mass is 19.1. The fourth-order valence-corrected chi connectivity index (χ4v) is 3.27. The first-order valence-electron chi connectivity index (χ1n) is 10.9. The third-order valence-electron chi connectivity index (χ3n) is 5.19. The Labute approximate surface area is 214 Å². The van der Waals surface area contributed by atoms with Gasteiger partial charge in [-0.3, -0.25) is 4.79 Å². The van der Waals surface area contributed by atoms with Crippen molar-refractivity contribution in [1.82, 2.24) is 4.98 Å². The second-order valence-corrected chi connectivity index (χ2v) is 7.79. The first kappa shape index (κ1) is 29.5. The number of anilines is 2. The van der Waals surface area contributed by atoms with Gasteiger partial charge in [-0.1, -0.05) is 12.1 Å². The molecule has 1 aliphatic heterocycles. The Morgan fingerprint density at radius 2 is 1.58 bits per heavy atom. The quantitative estimate of drug-likeness (QED) is 0.159. The molecule has 1 saturated heterocycles. The van der Waals surface area contributed by atoms with Gasteiger partial charge < -0.3 is 51.4 Å². The van der Waals surface area contributed by atoms with Gasteiger partial charge in [0.2, 0.25) is 5.56 Å². The summed E-state index contributed by atoms with van der Waals surface area (Å²) in [5.74, 6) is -4.40. The number of pyridine rings is 1. The molecule has 0 aliphatic carbocycles. The molecule has 0 radical (unpaired) electrons. The molecule has 1 aliphatic rings. The number of hydrogen-bond acceptors (Lipinski definition) is 9. The number of guanidine groups is 1. The molecule has 1 aromatic carbocycles. The smallest absolute Gasteiger partial charge is 0.437 e. The van der Waals surface area contributed by atoms with Gasteiger partial charge in [-0.05, 0) is 12.1 Å². The minimum absolute atomic E-state index is 0.151. The summed E-state index contributed by atoms with van der Waals surface area (Å²) < 4.78 is 19.7. The lowest BCUT2D eigenvalue weighted by atomic mass is 10.1. The number of carboxylic acid groups (broad SMARTS) is 2. The fraction of sp³-hybridized carbons (Fsp3) is 0.318. The second kappa shape index (κ2) is 13.6. The van der Waals surface area contributed by atoms with Gasteiger partial charge in [0.15, 0.2) is 24.0 Å². The number of nitrogens with two attached hydrogens (primary N) is 2. The zero-order valence-corrected chi connectivity index (χ0v) is 19.9. The molecule has 16 heteroatoms. The van der Waals surface area contributed by atoms with Crippen LogP contribution in [0, 0.1) is 5.82 Å². The zero-order valence-electron chi connectivity index (χ0n) is 19.9. The van der Waals surface area contributed by atoms with Crippen molar-refractivity contribution in [2.45, 2.75) is 18.8 Å². The van der Waals surface area contributed by atoms with Crippen LogP contribution in [-0.2, 0) is 20.9 Å². The number of aliphatic hydroxyl groups is 2. The molecule has 2 atom stereocenters. The van der Waals surface area contributed by atoms with Crippen molar-refractivity contribution < 1.29 is 43.9 Å². The predicted octanol–water partition coefficient (Wildman–Crippen LogP) is -1.37. The highest BCUT2D eigenvalue weighted by molar-refractivity contribution is 5.87. The minimum Gasteiger partial charge on any atom is -0.479 e. The topological polar surface area (TPSA) is 245 Å². The van der Waals surface area contributed by atoms with Crippen LogP contribution in [0.4, 0.5) is 20.6 Å². The molecule has 206 valence electrons. The molecule has 2 aromatic rings. The van der Waals surface area contributed by atoms with E-state index in [0.29, 0.717) is 31.9 Å². The number of aliphatic hydroxyl groups excluding tert-OH is 2. The number of carbonyl (C=O) groups is 3. The van der Waals surface area contributed by atoms with Crippen LogP contribution in [0.3, 0.4) is 0 Å². The Morgan fingerprint density at radius 1 is 1.00 bits per heavy atom.